The van der Waals surface area contributed by atoms with Crippen molar-refractivity contribution in [1.82, 2.24) is 4.90 Å². The number of hydrogen-bond donors (Lipinski definition) is 1. The Balaban J connectivity index is 3.05. The minimum atomic E-state index is -1.02. The van der Waals surface area contributed by atoms with E-state index < -0.39 is 5.97 Å². The number of aromatic carboxylic acids is 1. The highest BCUT2D eigenvalue weighted by molar-refractivity contribution is 14.1. The van der Waals surface area contributed by atoms with Gasteiger partial charge < -0.3 is 10.0 Å². The van der Waals surface area contributed by atoms with Crippen molar-refractivity contribution in [3.8, 4) is 0 Å². The predicted octanol–water partition coefficient (Wildman–Crippen LogP) is 2.47. The third kappa shape index (κ3) is 3.69. The summed E-state index contributed by atoms with van der Waals surface area (Å²) in [5.41, 5.74) is 0.565. The lowest BCUT2D eigenvalue weighted by Crippen LogP contribution is -2.27. The molecule has 0 aliphatic rings. The Morgan fingerprint density at radius 2 is 1.88 bits per heavy atom. The minimum absolute atomic E-state index is 0.144. The van der Waals surface area contributed by atoms with Crippen LogP contribution in [0.1, 0.15) is 34.1 Å². The average molecular weight is 347 g/mol. The van der Waals surface area contributed by atoms with Crippen molar-refractivity contribution in [2.24, 2.45) is 0 Å². The Morgan fingerprint density at radius 3 is 2.41 bits per heavy atom. The van der Waals surface area contributed by atoms with Gasteiger partial charge in [0.05, 0.1) is 5.56 Å². The van der Waals surface area contributed by atoms with E-state index in [0.717, 1.165) is 9.99 Å². The van der Waals surface area contributed by atoms with E-state index in [0.29, 0.717) is 12.1 Å². The monoisotopic (exact) mass is 347 g/mol. The molecule has 0 aliphatic carbocycles. The van der Waals surface area contributed by atoms with Gasteiger partial charge in [0, 0.05) is 22.7 Å². The second kappa shape index (κ2) is 6.00. The lowest BCUT2D eigenvalue weighted by molar-refractivity contribution is 0.0697. The minimum Gasteiger partial charge on any atom is -0.478 e. The first-order valence-electron chi connectivity index (χ1n) is 5.25. The van der Waals surface area contributed by atoms with Crippen LogP contribution in [0.25, 0.3) is 0 Å². The molecular weight excluding hydrogens is 333 g/mol. The van der Waals surface area contributed by atoms with Crippen LogP contribution in [0.3, 0.4) is 0 Å². The number of carboxylic acid groups (broad SMARTS) is 1. The van der Waals surface area contributed by atoms with Gasteiger partial charge in [0.2, 0.25) is 0 Å². The molecule has 4 nitrogen and oxygen atoms in total. The molecule has 0 unspecified atom stereocenters. The maximum atomic E-state index is 12.0. The largest absolute Gasteiger partial charge is 0.478 e. The number of carboxylic acids is 1. The van der Waals surface area contributed by atoms with Gasteiger partial charge in [-0.15, -0.1) is 0 Å². The highest BCUT2D eigenvalue weighted by Crippen LogP contribution is 2.14. The quantitative estimate of drug-likeness (QED) is 0.852. The standard InChI is InChI=1S/C12H14INO3/c1-3-4-14(2)11(15)8-5-9(12(16)17)7-10(13)6-8/h5-7H,3-4H2,1-2H3,(H,16,17). The van der Waals surface area contributed by atoms with E-state index in [1.165, 1.54) is 6.07 Å². The van der Waals surface area contributed by atoms with E-state index in [1.807, 2.05) is 29.5 Å². The van der Waals surface area contributed by atoms with Crippen LogP contribution in [0.2, 0.25) is 0 Å². The molecule has 0 aromatic heterocycles. The second-order valence-corrected chi connectivity index (χ2v) is 5.01. The average Bonchev–Trinajstić information content (AvgIpc) is 2.27. The summed E-state index contributed by atoms with van der Waals surface area (Å²) in [7, 11) is 1.71. The molecule has 0 saturated carbocycles. The highest BCUT2D eigenvalue weighted by Gasteiger charge is 2.14. The number of hydrogen-bond acceptors (Lipinski definition) is 2. The fourth-order valence-electron chi connectivity index (χ4n) is 1.49. The zero-order valence-electron chi connectivity index (χ0n) is 9.74. The Kier molecular flexibility index (Phi) is 4.92. The summed E-state index contributed by atoms with van der Waals surface area (Å²) in [6.45, 7) is 2.65. The fourth-order valence-corrected chi connectivity index (χ4v) is 2.16. The van der Waals surface area contributed by atoms with Crippen LogP contribution < -0.4 is 0 Å². The summed E-state index contributed by atoms with van der Waals surface area (Å²) >= 11 is 2.01. The van der Waals surface area contributed by atoms with Gasteiger partial charge in [0.15, 0.2) is 0 Å². The predicted molar refractivity (Wildman–Crippen MR) is 73.4 cm³/mol. The summed E-state index contributed by atoms with van der Waals surface area (Å²) in [6.07, 6.45) is 0.873. The lowest BCUT2D eigenvalue weighted by Gasteiger charge is -2.16. The molecule has 5 heteroatoms. The summed E-state index contributed by atoms with van der Waals surface area (Å²) in [6, 6.07) is 4.65. The van der Waals surface area contributed by atoms with Crippen molar-refractivity contribution in [3.63, 3.8) is 0 Å². The number of carbonyl (C=O) groups excluding carboxylic acids is 1. The van der Waals surface area contributed by atoms with Crippen molar-refractivity contribution in [2.45, 2.75) is 13.3 Å². The van der Waals surface area contributed by atoms with Gasteiger partial charge in [-0.3, -0.25) is 4.79 Å². The maximum absolute atomic E-state index is 12.0. The SMILES string of the molecule is CCCN(C)C(=O)c1cc(I)cc(C(=O)O)c1. The molecule has 0 radical (unpaired) electrons. The number of rotatable bonds is 4. The molecule has 1 amide bonds. The number of benzene rings is 1. The normalized spacial score (nSPS) is 10.1. The van der Waals surface area contributed by atoms with Crippen molar-refractivity contribution in [2.75, 3.05) is 13.6 Å². The summed E-state index contributed by atoms with van der Waals surface area (Å²) < 4.78 is 0.746. The Bertz CT molecular complexity index is 445. The smallest absolute Gasteiger partial charge is 0.335 e. The molecule has 1 aromatic carbocycles. The van der Waals surface area contributed by atoms with Crippen LogP contribution in [0.5, 0.6) is 0 Å². The highest BCUT2D eigenvalue weighted by atomic mass is 127. The number of nitrogens with zero attached hydrogens (tertiary/aromatic N) is 1. The molecule has 0 spiro atoms. The first-order valence-corrected chi connectivity index (χ1v) is 6.33. The van der Waals surface area contributed by atoms with Crippen LogP contribution in [0, 0.1) is 3.57 Å². The van der Waals surface area contributed by atoms with Crippen molar-refractivity contribution < 1.29 is 14.7 Å². The molecule has 1 rings (SSSR count). The first-order chi connectivity index (χ1) is 7.95. The van der Waals surface area contributed by atoms with Gasteiger partial charge in [-0.2, -0.15) is 0 Å². The third-order valence-electron chi connectivity index (χ3n) is 2.30. The molecule has 1 N–H and O–H groups in total. The van der Waals surface area contributed by atoms with E-state index in [-0.39, 0.29) is 11.5 Å². The Morgan fingerprint density at radius 1 is 1.29 bits per heavy atom. The number of carbonyl (C=O) groups is 2. The molecule has 0 atom stereocenters. The summed E-state index contributed by atoms with van der Waals surface area (Å²) in [4.78, 5) is 24.5. The molecule has 0 saturated heterocycles. The molecule has 92 valence electrons. The molecular formula is C12H14INO3. The Labute approximate surface area is 114 Å². The Hall–Kier alpha value is -1.11. The fraction of sp³-hybridized carbons (Fsp3) is 0.333. The van der Waals surface area contributed by atoms with E-state index >= 15 is 0 Å². The summed E-state index contributed by atoms with van der Waals surface area (Å²) in [5, 5.41) is 8.93. The third-order valence-corrected chi connectivity index (χ3v) is 2.92. The summed E-state index contributed by atoms with van der Waals surface area (Å²) in [5.74, 6) is -1.16. The molecule has 0 bridgehead atoms. The van der Waals surface area contributed by atoms with Crippen molar-refractivity contribution in [1.29, 1.82) is 0 Å². The van der Waals surface area contributed by atoms with Gasteiger partial charge in [0.1, 0.15) is 0 Å². The van der Waals surface area contributed by atoms with Crippen LogP contribution in [-0.4, -0.2) is 35.5 Å². The van der Waals surface area contributed by atoms with Gasteiger partial charge in [-0.1, -0.05) is 6.92 Å². The molecule has 17 heavy (non-hydrogen) atoms. The van der Waals surface area contributed by atoms with Gasteiger partial charge in [-0.25, -0.2) is 4.79 Å². The number of halogens is 1. The van der Waals surface area contributed by atoms with Crippen LogP contribution >= 0.6 is 22.6 Å². The molecule has 0 aliphatic heterocycles. The molecule has 0 fully saturated rings. The van der Waals surface area contributed by atoms with Gasteiger partial charge in [0.25, 0.3) is 5.91 Å². The van der Waals surface area contributed by atoms with Gasteiger partial charge >= 0.3 is 5.97 Å². The van der Waals surface area contributed by atoms with E-state index in [2.05, 4.69) is 0 Å². The van der Waals surface area contributed by atoms with Crippen molar-refractivity contribution >= 4 is 34.5 Å². The molecule has 0 heterocycles. The van der Waals surface area contributed by atoms with Crippen LogP contribution in [-0.2, 0) is 0 Å². The maximum Gasteiger partial charge on any atom is 0.335 e. The van der Waals surface area contributed by atoms with Crippen molar-refractivity contribution in [3.05, 3.63) is 32.9 Å². The van der Waals surface area contributed by atoms with Gasteiger partial charge in [-0.05, 0) is 47.2 Å². The zero-order valence-corrected chi connectivity index (χ0v) is 11.9. The lowest BCUT2D eigenvalue weighted by atomic mass is 10.1. The van der Waals surface area contributed by atoms with E-state index in [1.54, 1.807) is 24.1 Å². The second-order valence-electron chi connectivity index (χ2n) is 3.76. The van der Waals surface area contributed by atoms with Crippen LogP contribution in [0.4, 0.5) is 0 Å². The number of amides is 1. The zero-order chi connectivity index (χ0) is 13.0. The van der Waals surface area contributed by atoms with E-state index in [4.69, 9.17) is 5.11 Å². The van der Waals surface area contributed by atoms with E-state index in [9.17, 15) is 9.59 Å². The van der Waals surface area contributed by atoms with Crippen LogP contribution in [0.15, 0.2) is 18.2 Å². The topological polar surface area (TPSA) is 57.6 Å². The first kappa shape index (κ1) is 14.0. The molecule has 1 aromatic rings.